The van der Waals surface area contributed by atoms with E-state index in [2.05, 4.69) is 36.6 Å². The lowest BCUT2D eigenvalue weighted by Crippen LogP contribution is -2.37. The van der Waals surface area contributed by atoms with E-state index in [1.165, 1.54) is 38.5 Å². The molecule has 114 valence electrons. The highest BCUT2D eigenvalue weighted by Crippen LogP contribution is 2.27. The summed E-state index contributed by atoms with van der Waals surface area (Å²) in [5, 5.41) is 4.61. The Hall–Kier alpha value is -0.870. The van der Waals surface area contributed by atoms with Gasteiger partial charge in [0.15, 0.2) is 0 Å². The fourth-order valence-corrected chi connectivity index (χ4v) is 3.18. The number of aromatic nitrogens is 2. The standard InChI is InChI=1S/C16H30N4/c1-13(2)20-11-10-16(19-20)12-15(18-17)9-8-14-6-4-3-5-7-14/h10-11,13-15,18H,3-9,12,17H2,1-2H3. The van der Waals surface area contributed by atoms with Crippen molar-refractivity contribution in [1.29, 1.82) is 0 Å². The normalized spacial score (nSPS) is 18.6. The van der Waals surface area contributed by atoms with Crippen LogP contribution in [0, 0.1) is 5.92 Å². The second-order valence-corrected chi connectivity index (χ2v) is 6.53. The molecule has 3 N–H and O–H groups in total. The van der Waals surface area contributed by atoms with Gasteiger partial charge in [0.1, 0.15) is 0 Å². The topological polar surface area (TPSA) is 55.9 Å². The average Bonchev–Trinajstić information content (AvgIpc) is 2.93. The molecule has 1 aliphatic rings. The van der Waals surface area contributed by atoms with E-state index in [0.717, 1.165) is 24.5 Å². The first-order chi connectivity index (χ1) is 9.69. The van der Waals surface area contributed by atoms with Gasteiger partial charge in [0.25, 0.3) is 0 Å². The number of hydrogen-bond donors (Lipinski definition) is 2. The summed E-state index contributed by atoms with van der Waals surface area (Å²) in [5.41, 5.74) is 4.12. The van der Waals surface area contributed by atoms with E-state index >= 15 is 0 Å². The molecular formula is C16H30N4. The second-order valence-electron chi connectivity index (χ2n) is 6.53. The summed E-state index contributed by atoms with van der Waals surface area (Å²) in [6.07, 6.45) is 12.6. The van der Waals surface area contributed by atoms with Crippen molar-refractivity contribution in [3.63, 3.8) is 0 Å². The van der Waals surface area contributed by atoms with Crippen LogP contribution in [0.15, 0.2) is 12.3 Å². The van der Waals surface area contributed by atoms with Crippen molar-refractivity contribution in [2.45, 2.75) is 77.3 Å². The predicted octanol–water partition coefficient (Wildman–Crippen LogP) is 3.20. The molecule has 1 heterocycles. The molecule has 0 aliphatic heterocycles. The summed E-state index contributed by atoms with van der Waals surface area (Å²) in [6, 6.07) is 2.90. The van der Waals surface area contributed by atoms with E-state index in [4.69, 9.17) is 5.84 Å². The van der Waals surface area contributed by atoms with E-state index < -0.39 is 0 Å². The van der Waals surface area contributed by atoms with Gasteiger partial charge in [-0.15, -0.1) is 0 Å². The van der Waals surface area contributed by atoms with Gasteiger partial charge in [-0.05, 0) is 38.7 Å². The molecule has 1 aromatic rings. The lowest BCUT2D eigenvalue weighted by atomic mass is 9.85. The molecule has 1 aliphatic carbocycles. The minimum absolute atomic E-state index is 0.354. The third-order valence-electron chi connectivity index (χ3n) is 4.53. The van der Waals surface area contributed by atoms with Crippen molar-refractivity contribution in [3.05, 3.63) is 18.0 Å². The summed E-state index contributed by atoms with van der Waals surface area (Å²) in [5.74, 6) is 6.64. The third-order valence-corrected chi connectivity index (χ3v) is 4.53. The Kier molecular flexibility index (Phi) is 6.05. The second kappa shape index (κ2) is 7.79. The van der Waals surface area contributed by atoms with Crippen LogP contribution in [0.3, 0.4) is 0 Å². The molecule has 1 atom stereocenters. The molecule has 0 bridgehead atoms. The lowest BCUT2D eigenvalue weighted by Gasteiger charge is -2.23. The Labute approximate surface area is 123 Å². The Morgan fingerprint density at radius 1 is 1.35 bits per heavy atom. The number of nitrogens with one attached hydrogen (secondary N) is 1. The molecule has 2 rings (SSSR count). The SMILES string of the molecule is CC(C)n1ccc(CC(CCC2CCCCC2)NN)n1. The van der Waals surface area contributed by atoms with Crippen LogP contribution in [0.25, 0.3) is 0 Å². The molecule has 4 heteroatoms. The van der Waals surface area contributed by atoms with Gasteiger partial charge in [-0.1, -0.05) is 32.1 Å². The Bertz CT molecular complexity index is 380. The summed E-state index contributed by atoms with van der Waals surface area (Å²) >= 11 is 0. The Morgan fingerprint density at radius 2 is 2.10 bits per heavy atom. The number of nitrogens with two attached hydrogens (primary N) is 1. The van der Waals surface area contributed by atoms with Crippen LogP contribution in [-0.4, -0.2) is 15.8 Å². The lowest BCUT2D eigenvalue weighted by molar-refractivity contribution is 0.312. The fourth-order valence-electron chi connectivity index (χ4n) is 3.18. The number of rotatable bonds is 7. The third kappa shape index (κ3) is 4.60. The molecule has 1 unspecified atom stereocenters. The maximum Gasteiger partial charge on any atom is 0.0640 e. The predicted molar refractivity (Wildman–Crippen MR) is 83.2 cm³/mol. The van der Waals surface area contributed by atoms with Crippen LogP contribution in [-0.2, 0) is 6.42 Å². The maximum absolute atomic E-state index is 5.72. The van der Waals surface area contributed by atoms with Crippen molar-refractivity contribution in [3.8, 4) is 0 Å². The molecule has 1 aromatic heterocycles. The molecule has 20 heavy (non-hydrogen) atoms. The zero-order chi connectivity index (χ0) is 14.4. The minimum Gasteiger partial charge on any atom is -0.271 e. The van der Waals surface area contributed by atoms with E-state index in [1.54, 1.807) is 0 Å². The van der Waals surface area contributed by atoms with Gasteiger partial charge in [0.05, 0.1) is 5.69 Å². The van der Waals surface area contributed by atoms with E-state index in [1.807, 2.05) is 4.68 Å². The molecule has 0 saturated heterocycles. The summed E-state index contributed by atoms with van der Waals surface area (Å²) in [6.45, 7) is 4.30. The van der Waals surface area contributed by atoms with Gasteiger partial charge in [0, 0.05) is 24.7 Å². The van der Waals surface area contributed by atoms with Crippen molar-refractivity contribution in [2.24, 2.45) is 11.8 Å². The summed E-state index contributed by atoms with van der Waals surface area (Å²) in [4.78, 5) is 0. The van der Waals surface area contributed by atoms with Gasteiger partial charge in [0.2, 0.25) is 0 Å². The van der Waals surface area contributed by atoms with Crippen LogP contribution in [0.1, 0.15) is 70.5 Å². The first-order valence-electron chi connectivity index (χ1n) is 8.19. The smallest absolute Gasteiger partial charge is 0.0640 e. The highest BCUT2D eigenvalue weighted by molar-refractivity contribution is 5.02. The molecule has 4 nitrogen and oxygen atoms in total. The first-order valence-corrected chi connectivity index (χ1v) is 8.19. The van der Waals surface area contributed by atoms with Crippen LogP contribution in [0.2, 0.25) is 0 Å². The van der Waals surface area contributed by atoms with E-state index in [0.29, 0.717) is 12.1 Å². The number of hydrazine groups is 1. The molecule has 0 amide bonds. The van der Waals surface area contributed by atoms with Crippen LogP contribution in [0.4, 0.5) is 0 Å². The van der Waals surface area contributed by atoms with Crippen molar-refractivity contribution in [2.75, 3.05) is 0 Å². The molecular weight excluding hydrogens is 248 g/mol. The first kappa shape index (κ1) is 15.5. The van der Waals surface area contributed by atoms with Crippen molar-refractivity contribution < 1.29 is 0 Å². The largest absolute Gasteiger partial charge is 0.271 e. The summed E-state index contributed by atoms with van der Waals surface area (Å²) in [7, 11) is 0. The molecule has 1 saturated carbocycles. The van der Waals surface area contributed by atoms with Crippen LogP contribution < -0.4 is 11.3 Å². The van der Waals surface area contributed by atoms with Crippen molar-refractivity contribution >= 4 is 0 Å². The molecule has 0 aromatic carbocycles. The maximum atomic E-state index is 5.72. The van der Waals surface area contributed by atoms with E-state index in [9.17, 15) is 0 Å². The minimum atomic E-state index is 0.354. The van der Waals surface area contributed by atoms with Gasteiger partial charge < -0.3 is 0 Å². The van der Waals surface area contributed by atoms with E-state index in [-0.39, 0.29) is 0 Å². The molecule has 1 fully saturated rings. The van der Waals surface area contributed by atoms with Gasteiger partial charge in [-0.3, -0.25) is 16.0 Å². The summed E-state index contributed by atoms with van der Waals surface area (Å²) < 4.78 is 2.02. The highest BCUT2D eigenvalue weighted by atomic mass is 15.3. The Morgan fingerprint density at radius 3 is 2.70 bits per heavy atom. The zero-order valence-electron chi connectivity index (χ0n) is 13.0. The van der Waals surface area contributed by atoms with Crippen LogP contribution >= 0.6 is 0 Å². The van der Waals surface area contributed by atoms with Gasteiger partial charge in [-0.2, -0.15) is 5.10 Å². The fraction of sp³-hybridized carbons (Fsp3) is 0.812. The Balaban J connectivity index is 1.78. The van der Waals surface area contributed by atoms with Crippen LogP contribution in [0.5, 0.6) is 0 Å². The molecule has 0 radical (unpaired) electrons. The number of hydrogen-bond acceptors (Lipinski definition) is 3. The zero-order valence-corrected chi connectivity index (χ0v) is 13.0. The highest BCUT2D eigenvalue weighted by Gasteiger charge is 2.16. The van der Waals surface area contributed by atoms with Gasteiger partial charge in [-0.25, -0.2) is 0 Å². The average molecular weight is 278 g/mol. The quantitative estimate of drug-likeness (QED) is 0.595. The number of nitrogens with zero attached hydrogens (tertiary/aromatic N) is 2. The van der Waals surface area contributed by atoms with Crippen molar-refractivity contribution in [1.82, 2.24) is 15.2 Å². The van der Waals surface area contributed by atoms with Gasteiger partial charge >= 0.3 is 0 Å². The monoisotopic (exact) mass is 278 g/mol. The molecule has 0 spiro atoms.